The largest absolute Gasteiger partial charge is 0.363 e. The van der Waals surface area contributed by atoms with Crippen LogP contribution in [0.25, 0.3) is 0 Å². The maximum atomic E-state index is 11.4. The highest BCUT2D eigenvalue weighted by molar-refractivity contribution is 5.89. The number of amides is 1. The number of nitrogens with two attached hydrogens (primary N) is 1. The molecule has 2 rings (SSSR count). The predicted octanol–water partition coefficient (Wildman–Crippen LogP) is 1.89. The van der Waals surface area contributed by atoms with Crippen LogP contribution in [0.15, 0.2) is 12.4 Å². The van der Waals surface area contributed by atoms with Gasteiger partial charge < -0.3 is 15.6 Å². The van der Waals surface area contributed by atoms with E-state index < -0.39 is 5.91 Å². The van der Waals surface area contributed by atoms with Crippen LogP contribution in [0.3, 0.4) is 0 Å². The number of imidazole rings is 1. The van der Waals surface area contributed by atoms with Gasteiger partial charge in [0.15, 0.2) is 5.82 Å². The van der Waals surface area contributed by atoms with E-state index in [9.17, 15) is 4.79 Å². The van der Waals surface area contributed by atoms with Crippen LogP contribution in [-0.4, -0.2) is 28.5 Å². The minimum atomic E-state index is -0.477. The lowest BCUT2D eigenvalue weighted by Crippen LogP contribution is -2.41. The molecule has 112 valence electrons. The van der Waals surface area contributed by atoms with Crippen molar-refractivity contribution in [3.05, 3.63) is 18.2 Å². The Morgan fingerprint density at radius 2 is 2.15 bits per heavy atom. The number of nitrogens with one attached hydrogen (secondary N) is 1. The van der Waals surface area contributed by atoms with Crippen LogP contribution in [0.1, 0.15) is 56.6 Å². The van der Waals surface area contributed by atoms with Gasteiger partial charge in [0.05, 0.1) is 5.54 Å². The van der Waals surface area contributed by atoms with Gasteiger partial charge in [0.25, 0.3) is 5.91 Å². The summed E-state index contributed by atoms with van der Waals surface area (Å²) in [5.74, 6) is 0.655. The molecule has 0 radical (unpaired) electrons. The molecule has 20 heavy (non-hydrogen) atoms. The van der Waals surface area contributed by atoms with E-state index in [0.29, 0.717) is 5.82 Å². The van der Waals surface area contributed by atoms with Crippen molar-refractivity contribution in [3.8, 4) is 0 Å². The van der Waals surface area contributed by atoms with Crippen molar-refractivity contribution in [3.63, 3.8) is 0 Å². The van der Waals surface area contributed by atoms with Gasteiger partial charge in [-0.15, -0.1) is 0 Å². The van der Waals surface area contributed by atoms with Crippen molar-refractivity contribution in [2.45, 2.75) is 51.5 Å². The van der Waals surface area contributed by atoms with Crippen molar-refractivity contribution in [1.29, 1.82) is 0 Å². The van der Waals surface area contributed by atoms with E-state index in [1.807, 2.05) is 10.8 Å². The molecule has 0 aromatic carbocycles. The molecule has 1 aliphatic rings. The Kier molecular flexibility index (Phi) is 4.81. The SMILES string of the molecule is CC(C)(CNCC1CCCCC1)n1ccnc1C(N)=O. The minimum Gasteiger partial charge on any atom is -0.363 e. The molecule has 5 heteroatoms. The quantitative estimate of drug-likeness (QED) is 0.834. The first kappa shape index (κ1) is 15.0. The second kappa shape index (κ2) is 6.39. The number of primary amides is 1. The fraction of sp³-hybridized carbons (Fsp3) is 0.733. The monoisotopic (exact) mass is 278 g/mol. The third-order valence-electron chi connectivity index (χ3n) is 4.23. The fourth-order valence-electron chi connectivity index (χ4n) is 3.03. The molecule has 3 N–H and O–H groups in total. The highest BCUT2D eigenvalue weighted by atomic mass is 16.1. The van der Waals surface area contributed by atoms with Gasteiger partial charge in [-0.3, -0.25) is 4.79 Å². The van der Waals surface area contributed by atoms with Crippen molar-refractivity contribution in [2.75, 3.05) is 13.1 Å². The lowest BCUT2D eigenvalue weighted by atomic mass is 9.89. The smallest absolute Gasteiger partial charge is 0.284 e. The van der Waals surface area contributed by atoms with Gasteiger partial charge in [-0.05, 0) is 39.2 Å². The first-order valence-electron chi connectivity index (χ1n) is 7.55. The van der Waals surface area contributed by atoms with Crippen LogP contribution in [0.2, 0.25) is 0 Å². The van der Waals surface area contributed by atoms with Gasteiger partial charge in [-0.25, -0.2) is 4.98 Å². The summed E-state index contributed by atoms with van der Waals surface area (Å²) >= 11 is 0. The molecule has 5 nitrogen and oxygen atoms in total. The summed E-state index contributed by atoms with van der Waals surface area (Å²) in [6.07, 6.45) is 10.2. The van der Waals surface area contributed by atoms with Crippen molar-refractivity contribution in [2.24, 2.45) is 11.7 Å². The molecular weight excluding hydrogens is 252 g/mol. The third-order valence-corrected chi connectivity index (χ3v) is 4.23. The van der Waals surface area contributed by atoms with E-state index in [1.165, 1.54) is 32.1 Å². The fourth-order valence-corrected chi connectivity index (χ4v) is 3.03. The number of hydrogen-bond donors (Lipinski definition) is 2. The molecule has 0 spiro atoms. The third kappa shape index (κ3) is 3.60. The molecule has 1 fully saturated rings. The number of carbonyl (C=O) groups is 1. The second-order valence-electron chi connectivity index (χ2n) is 6.43. The molecule has 1 heterocycles. The first-order valence-corrected chi connectivity index (χ1v) is 7.55. The summed E-state index contributed by atoms with van der Waals surface area (Å²) in [4.78, 5) is 15.4. The molecule has 0 saturated heterocycles. The number of hydrogen-bond acceptors (Lipinski definition) is 3. The van der Waals surface area contributed by atoms with Crippen LogP contribution in [0, 0.1) is 5.92 Å². The summed E-state index contributed by atoms with van der Waals surface area (Å²) < 4.78 is 1.86. The lowest BCUT2D eigenvalue weighted by Gasteiger charge is -2.30. The van der Waals surface area contributed by atoms with Crippen LogP contribution < -0.4 is 11.1 Å². The molecule has 1 aromatic heterocycles. The zero-order chi connectivity index (χ0) is 14.6. The Hall–Kier alpha value is -1.36. The molecule has 0 atom stereocenters. The first-order chi connectivity index (χ1) is 9.50. The van der Waals surface area contributed by atoms with E-state index in [0.717, 1.165) is 19.0 Å². The highest BCUT2D eigenvalue weighted by Gasteiger charge is 2.25. The number of rotatable bonds is 6. The summed E-state index contributed by atoms with van der Waals surface area (Å²) in [6.45, 7) is 6.05. The molecule has 1 aliphatic carbocycles. The molecule has 0 bridgehead atoms. The van der Waals surface area contributed by atoms with Crippen LogP contribution >= 0.6 is 0 Å². The van der Waals surface area contributed by atoms with E-state index in [4.69, 9.17) is 5.73 Å². The Balaban J connectivity index is 1.89. The molecular formula is C15H26N4O. The second-order valence-corrected chi connectivity index (χ2v) is 6.43. The summed E-state index contributed by atoms with van der Waals surface area (Å²) in [6, 6.07) is 0. The average Bonchev–Trinajstić information content (AvgIpc) is 2.90. The molecule has 0 aliphatic heterocycles. The molecule has 0 unspecified atom stereocenters. The van der Waals surface area contributed by atoms with Crippen LogP contribution in [0.5, 0.6) is 0 Å². The van der Waals surface area contributed by atoms with Crippen LogP contribution in [-0.2, 0) is 5.54 Å². The van der Waals surface area contributed by atoms with Crippen LogP contribution in [0.4, 0.5) is 0 Å². The summed E-state index contributed by atoms with van der Waals surface area (Å²) in [5.41, 5.74) is 5.15. The zero-order valence-electron chi connectivity index (χ0n) is 12.6. The predicted molar refractivity (Wildman–Crippen MR) is 79.5 cm³/mol. The number of carbonyl (C=O) groups excluding carboxylic acids is 1. The molecule has 1 aromatic rings. The maximum Gasteiger partial charge on any atom is 0.284 e. The topological polar surface area (TPSA) is 72.9 Å². The van der Waals surface area contributed by atoms with Gasteiger partial charge in [0, 0.05) is 18.9 Å². The van der Waals surface area contributed by atoms with E-state index >= 15 is 0 Å². The Labute approximate surface area is 120 Å². The minimum absolute atomic E-state index is 0.213. The molecule has 1 saturated carbocycles. The van der Waals surface area contributed by atoms with Gasteiger partial charge in [-0.2, -0.15) is 0 Å². The van der Waals surface area contributed by atoms with Gasteiger partial charge in [-0.1, -0.05) is 19.3 Å². The standard InChI is InChI=1S/C15H26N4O/c1-15(2,19-9-8-18-14(19)13(16)20)11-17-10-12-6-4-3-5-7-12/h8-9,12,17H,3-7,10-11H2,1-2H3,(H2,16,20). The molecule has 1 amide bonds. The normalized spacial score (nSPS) is 17.3. The summed E-state index contributed by atoms with van der Waals surface area (Å²) in [5, 5.41) is 3.55. The van der Waals surface area contributed by atoms with E-state index in [1.54, 1.807) is 6.20 Å². The van der Waals surface area contributed by atoms with Gasteiger partial charge in [0.1, 0.15) is 0 Å². The zero-order valence-corrected chi connectivity index (χ0v) is 12.6. The summed E-state index contributed by atoms with van der Waals surface area (Å²) in [7, 11) is 0. The Bertz CT molecular complexity index is 446. The average molecular weight is 278 g/mol. The number of aromatic nitrogens is 2. The van der Waals surface area contributed by atoms with Gasteiger partial charge >= 0.3 is 0 Å². The van der Waals surface area contributed by atoms with Crippen molar-refractivity contribution in [1.82, 2.24) is 14.9 Å². The highest BCUT2D eigenvalue weighted by Crippen LogP contribution is 2.23. The van der Waals surface area contributed by atoms with Crippen molar-refractivity contribution >= 4 is 5.91 Å². The lowest BCUT2D eigenvalue weighted by molar-refractivity contribution is 0.0978. The Morgan fingerprint density at radius 3 is 2.80 bits per heavy atom. The van der Waals surface area contributed by atoms with E-state index in [2.05, 4.69) is 24.1 Å². The van der Waals surface area contributed by atoms with Gasteiger partial charge in [0.2, 0.25) is 0 Å². The maximum absolute atomic E-state index is 11.4. The van der Waals surface area contributed by atoms with E-state index in [-0.39, 0.29) is 5.54 Å². The Morgan fingerprint density at radius 1 is 1.45 bits per heavy atom. The van der Waals surface area contributed by atoms with Crippen molar-refractivity contribution < 1.29 is 4.79 Å². The number of nitrogens with zero attached hydrogens (tertiary/aromatic N) is 2.